The summed E-state index contributed by atoms with van der Waals surface area (Å²) in [5.74, 6) is 0.0599. The van der Waals surface area contributed by atoms with Crippen LogP contribution in [-0.4, -0.2) is 30.2 Å². The first kappa shape index (κ1) is 16.1. The molecule has 4 heteroatoms. The molecule has 1 fully saturated rings. The number of likely N-dealkylation sites (tertiary alicyclic amines) is 1. The van der Waals surface area contributed by atoms with Gasteiger partial charge in [-0.1, -0.05) is 30.3 Å². The van der Waals surface area contributed by atoms with Gasteiger partial charge >= 0.3 is 0 Å². The van der Waals surface area contributed by atoms with Crippen molar-refractivity contribution in [2.75, 3.05) is 24.7 Å². The Balaban J connectivity index is 1.60. The standard InChI is InChI=1S/C19H22N2OS/c1-23-17-11-9-16(10-12-17)20-19(22)14-21-13-5-8-18(21)15-6-3-2-4-7-15/h2-4,6-7,9-12,18H,5,8,13-14H2,1H3,(H,20,22). The van der Waals surface area contributed by atoms with Crippen molar-refractivity contribution in [1.29, 1.82) is 0 Å². The van der Waals surface area contributed by atoms with Crippen LogP contribution in [-0.2, 0) is 4.79 Å². The summed E-state index contributed by atoms with van der Waals surface area (Å²) in [6.07, 6.45) is 4.32. The molecule has 1 aliphatic heterocycles. The molecule has 0 spiro atoms. The van der Waals surface area contributed by atoms with Gasteiger partial charge in [0.2, 0.25) is 5.91 Å². The van der Waals surface area contributed by atoms with Gasteiger partial charge in [0.25, 0.3) is 0 Å². The van der Waals surface area contributed by atoms with Gasteiger partial charge in [0.1, 0.15) is 0 Å². The molecule has 1 unspecified atom stereocenters. The molecule has 23 heavy (non-hydrogen) atoms. The summed E-state index contributed by atoms with van der Waals surface area (Å²) in [6.45, 7) is 1.43. The fraction of sp³-hybridized carbons (Fsp3) is 0.316. The number of carbonyl (C=O) groups excluding carboxylic acids is 1. The highest BCUT2D eigenvalue weighted by molar-refractivity contribution is 7.98. The number of anilines is 1. The number of nitrogens with zero attached hydrogens (tertiary/aromatic N) is 1. The van der Waals surface area contributed by atoms with Gasteiger partial charge in [-0.05, 0) is 55.5 Å². The maximum atomic E-state index is 12.3. The second-order valence-corrected chi connectivity index (χ2v) is 6.70. The molecule has 120 valence electrons. The molecule has 2 aromatic rings. The van der Waals surface area contributed by atoms with E-state index in [1.807, 2.05) is 36.6 Å². The molecule has 0 aliphatic carbocycles. The van der Waals surface area contributed by atoms with Crippen molar-refractivity contribution >= 4 is 23.4 Å². The van der Waals surface area contributed by atoms with Crippen molar-refractivity contribution < 1.29 is 4.79 Å². The summed E-state index contributed by atoms with van der Waals surface area (Å²) in [7, 11) is 0. The smallest absolute Gasteiger partial charge is 0.238 e. The summed E-state index contributed by atoms with van der Waals surface area (Å²) in [6, 6.07) is 18.8. The van der Waals surface area contributed by atoms with Gasteiger partial charge in [-0.3, -0.25) is 9.69 Å². The fourth-order valence-corrected chi connectivity index (χ4v) is 3.54. The number of amides is 1. The van der Waals surface area contributed by atoms with Crippen LogP contribution in [0.3, 0.4) is 0 Å². The molecule has 0 bridgehead atoms. The molecule has 0 aromatic heterocycles. The second kappa shape index (κ2) is 7.66. The highest BCUT2D eigenvalue weighted by Crippen LogP contribution is 2.31. The number of hydrogen-bond donors (Lipinski definition) is 1. The van der Waals surface area contributed by atoms with Crippen LogP contribution in [0.2, 0.25) is 0 Å². The zero-order valence-electron chi connectivity index (χ0n) is 13.4. The molecule has 0 saturated carbocycles. The number of benzene rings is 2. The first-order valence-corrected chi connectivity index (χ1v) is 9.21. The molecule has 1 saturated heterocycles. The maximum Gasteiger partial charge on any atom is 0.238 e. The number of hydrogen-bond acceptors (Lipinski definition) is 3. The Morgan fingerprint density at radius 1 is 1.17 bits per heavy atom. The van der Waals surface area contributed by atoms with E-state index in [1.165, 1.54) is 10.5 Å². The maximum absolute atomic E-state index is 12.3. The minimum Gasteiger partial charge on any atom is -0.325 e. The van der Waals surface area contributed by atoms with E-state index in [0.29, 0.717) is 12.6 Å². The average Bonchev–Trinajstić information content (AvgIpc) is 3.04. The molecule has 1 heterocycles. The zero-order chi connectivity index (χ0) is 16.1. The Labute approximate surface area is 142 Å². The van der Waals surface area contributed by atoms with Gasteiger partial charge in [0, 0.05) is 16.6 Å². The van der Waals surface area contributed by atoms with Gasteiger partial charge in [0.05, 0.1) is 6.54 Å². The van der Waals surface area contributed by atoms with E-state index in [9.17, 15) is 4.79 Å². The molecule has 1 aliphatic rings. The number of nitrogens with one attached hydrogen (secondary N) is 1. The molecule has 3 rings (SSSR count). The topological polar surface area (TPSA) is 32.3 Å². The number of carbonyl (C=O) groups is 1. The lowest BCUT2D eigenvalue weighted by atomic mass is 10.0. The molecule has 1 amide bonds. The lowest BCUT2D eigenvalue weighted by Crippen LogP contribution is -2.32. The predicted molar refractivity (Wildman–Crippen MR) is 96.8 cm³/mol. The van der Waals surface area contributed by atoms with Crippen molar-refractivity contribution in [3.05, 3.63) is 60.2 Å². The summed E-state index contributed by atoms with van der Waals surface area (Å²) >= 11 is 1.70. The van der Waals surface area contributed by atoms with Crippen LogP contribution >= 0.6 is 11.8 Å². The molecule has 1 N–H and O–H groups in total. The van der Waals surface area contributed by atoms with Gasteiger partial charge in [0.15, 0.2) is 0 Å². The van der Waals surface area contributed by atoms with Crippen molar-refractivity contribution in [2.24, 2.45) is 0 Å². The van der Waals surface area contributed by atoms with E-state index < -0.39 is 0 Å². The van der Waals surface area contributed by atoms with Crippen LogP contribution in [0.25, 0.3) is 0 Å². The number of rotatable bonds is 5. The van der Waals surface area contributed by atoms with E-state index in [2.05, 4.69) is 34.5 Å². The first-order valence-electron chi connectivity index (χ1n) is 7.99. The van der Waals surface area contributed by atoms with Crippen LogP contribution < -0.4 is 5.32 Å². The largest absolute Gasteiger partial charge is 0.325 e. The third-order valence-corrected chi connectivity index (χ3v) is 5.01. The van der Waals surface area contributed by atoms with E-state index in [-0.39, 0.29) is 5.91 Å². The Kier molecular flexibility index (Phi) is 5.36. The lowest BCUT2D eigenvalue weighted by molar-refractivity contribution is -0.117. The average molecular weight is 326 g/mol. The van der Waals surface area contributed by atoms with E-state index in [4.69, 9.17) is 0 Å². The van der Waals surface area contributed by atoms with Gasteiger partial charge in [-0.15, -0.1) is 11.8 Å². The van der Waals surface area contributed by atoms with Crippen LogP contribution in [0.1, 0.15) is 24.4 Å². The predicted octanol–water partition coefficient (Wildman–Crippen LogP) is 4.18. The number of thioether (sulfide) groups is 1. The Bertz CT molecular complexity index is 642. The van der Waals surface area contributed by atoms with Gasteiger partial charge in [-0.25, -0.2) is 0 Å². The van der Waals surface area contributed by atoms with Crippen LogP contribution in [0, 0.1) is 0 Å². The highest BCUT2D eigenvalue weighted by Gasteiger charge is 2.27. The SMILES string of the molecule is CSc1ccc(NC(=O)CN2CCCC2c2ccccc2)cc1. The lowest BCUT2D eigenvalue weighted by Gasteiger charge is -2.24. The van der Waals surface area contributed by atoms with E-state index in [0.717, 1.165) is 25.1 Å². The van der Waals surface area contributed by atoms with Crippen molar-refractivity contribution in [3.8, 4) is 0 Å². The third-order valence-electron chi connectivity index (χ3n) is 4.27. The molecule has 3 nitrogen and oxygen atoms in total. The normalized spacial score (nSPS) is 18.0. The monoisotopic (exact) mass is 326 g/mol. The van der Waals surface area contributed by atoms with E-state index in [1.54, 1.807) is 11.8 Å². The van der Waals surface area contributed by atoms with Crippen molar-refractivity contribution in [3.63, 3.8) is 0 Å². The minimum atomic E-state index is 0.0599. The summed E-state index contributed by atoms with van der Waals surface area (Å²) < 4.78 is 0. The van der Waals surface area contributed by atoms with Crippen LogP contribution in [0.4, 0.5) is 5.69 Å². The van der Waals surface area contributed by atoms with Crippen LogP contribution in [0.15, 0.2) is 59.5 Å². The summed E-state index contributed by atoms with van der Waals surface area (Å²) in [5.41, 5.74) is 2.17. The second-order valence-electron chi connectivity index (χ2n) is 5.82. The summed E-state index contributed by atoms with van der Waals surface area (Å²) in [4.78, 5) is 15.8. The first-order chi connectivity index (χ1) is 11.3. The third kappa shape index (κ3) is 4.15. The van der Waals surface area contributed by atoms with Crippen LogP contribution in [0.5, 0.6) is 0 Å². The molecular formula is C19H22N2OS. The Morgan fingerprint density at radius 3 is 2.61 bits per heavy atom. The van der Waals surface area contributed by atoms with Crippen molar-refractivity contribution in [2.45, 2.75) is 23.8 Å². The molecule has 0 radical (unpaired) electrons. The van der Waals surface area contributed by atoms with E-state index >= 15 is 0 Å². The molecule has 1 atom stereocenters. The van der Waals surface area contributed by atoms with Gasteiger partial charge in [-0.2, -0.15) is 0 Å². The Morgan fingerprint density at radius 2 is 1.91 bits per heavy atom. The minimum absolute atomic E-state index is 0.0599. The molecule has 2 aromatic carbocycles. The highest BCUT2D eigenvalue weighted by atomic mass is 32.2. The summed E-state index contributed by atoms with van der Waals surface area (Å²) in [5, 5.41) is 3.00. The quantitative estimate of drug-likeness (QED) is 0.837. The Hall–Kier alpha value is -1.78. The fourth-order valence-electron chi connectivity index (χ4n) is 3.13. The zero-order valence-corrected chi connectivity index (χ0v) is 14.2. The van der Waals surface area contributed by atoms with Gasteiger partial charge < -0.3 is 5.32 Å². The molecular weight excluding hydrogens is 304 g/mol. The van der Waals surface area contributed by atoms with Crippen molar-refractivity contribution in [1.82, 2.24) is 4.90 Å².